The molecule has 0 bridgehead atoms. The second-order valence-corrected chi connectivity index (χ2v) is 9.51. The van der Waals surface area contributed by atoms with Crippen LogP contribution in [0.15, 0.2) is 52.3 Å². The van der Waals surface area contributed by atoms with Crippen molar-refractivity contribution >= 4 is 27.7 Å². The van der Waals surface area contributed by atoms with Gasteiger partial charge < -0.3 is 5.32 Å². The molecule has 0 aromatic heterocycles. The second-order valence-electron chi connectivity index (χ2n) is 6.59. The Morgan fingerprint density at radius 2 is 1.78 bits per heavy atom. The molecule has 0 radical (unpaired) electrons. The minimum atomic E-state index is -3.71. The van der Waals surface area contributed by atoms with E-state index in [1.807, 2.05) is 45.2 Å². The van der Waals surface area contributed by atoms with Crippen LogP contribution in [0, 0.1) is 13.8 Å². The lowest BCUT2D eigenvalue weighted by Crippen LogP contribution is -2.39. The standard InChI is InChI=1S/C20H26N2O3S2/c1-14-6-7-15(2)19(12-14)16(3)21-20(23)13-22(4)27(24,25)18-10-8-17(26-5)9-11-18/h6-12,16H,13H2,1-5H3,(H,21,23). The number of carbonyl (C=O) groups excluding carboxylic acids is 1. The summed E-state index contributed by atoms with van der Waals surface area (Å²) in [6, 6.07) is 12.5. The lowest BCUT2D eigenvalue weighted by atomic mass is 10.00. The van der Waals surface area contributed by atoms with E-state index in [0.29, 0.717) is 0 Å². The lowest BCUT2D eigenvalue weighted by Gasteiger charge is -2.21. The van der Waals surface area contributed by atoms with E-state index in [2.05, 4.69) is 5.32 Å². The first-order valence-electron chi connectivity index (χ1n) is 8.62. The minimum absolute atomic E-state index is 0.179. The van der Waals surface area contributed by atoms with Crippen molar-refractivity contribution in [1.82, 2.24) is 9.62 Å². The van der Waals surface area contributed by atoms with Gasteiger partial charge in [0.15, 0.2) is 0 Å². The summed E-state index contributed by atoms with van der Waals surface area (Å²) in [5.74, 6) is -0.338. The van der Waals surface area contributed by atoms with E-state index in [1.165, 1.54) is 7.05 Å². The fraction of sp³-hybridized carbons (Fsp3) is 0.350. The van der Waals surface area contributed by atoms with E-state index < -0.39 is 10.0 Å². The quantitative estimate of drug-likeness (QED) is 0.715. The molecule has 5 nitrogen and oxygen atoms in total. The molecule has 1 amide bonds. The first-order valence-corrected chi connectivity index (χ1v) is 11.3. The summed E-state index contributed by atoms with van der Waals surface area (Å²) in [7, 11) is -2.29. The number of rotatable bonds is 7. The third-order valence-electron chi connectivity index (χ3n) is 4.41. The number of hydrogen-bond acceptors (Lipinski definition) is 4. The molecule has 7 heteroatoms. The van der Waals surface area contributed by atoms with Crippen LogP contribution in [0.3, 0.4) is 0 Å². The first kappa shape index (κ1) is 21.5. The number of nitrogens with zero attached hydrogens (tertiary/aromatic N) is 1. The molecule has 2 aromatic carbocycles. The lowest BCUT2D eigenvalue weighted by molar-refractivity contribution is -0.121. The smallest absolute Gasteiger partial charge is 0.243 e. The fourth-order valence-corrected chi connectivity index (χ4v) is 4.34. The predicted molar refractivity (Wildman–Crippen MR) is 111 cm³/mol. The second kappa shape index (κ2) is 8.91. The van der Waals surface area contributed by atoms with Gasteiger partial charge in [-0.25, -0.2) is 8.42 Å². The molecule has 0 saturated heterocycles. The van der Waals surface area contributed by atoms with Crippen LogP contribution in [0.5, 0.6) is 0 Å². The highest BCUT2D eigenvalue weighted by molar-refractivity contribution is 7.98. The van der Waals surface area contributed by atoms with Crippen LogP contribution < -0.4 is 5.32 Å². The van der Waals surface area contributed by atoms with E-state index in [4.69, 9.17) is 0 Å². The van der Waals surface area contributed by atoms with E-state index in [-0.39, 0.29) is 23.4 Å². The van der Waals surface area contributed by atoms with E-state index in [9.17, 15) is 13.2 Å². The molecular formula is C20H26N2O3S2. The topological polar surface area (TPSA) is 66.5 Å². The van der Waals surface area contributed by atoms with Gasteiger partial charge in [-0.05, 0) is 62.4 Å². The molecule has 0 aliphatic rings. The maximum atomic E-state index is 12.7. The van der Waals surface area contributed by atoms with Crippen molar-refractivity contribution in [1.29, 1.82) is 0 Å². The van der Waals surface area contributed by atoms with Crippen molar-refractivity contribution < 1.29 is 13.2 Å². The summed E-state index contributed by atoms with van der Waals surface area (Å²) in [6.07, 6.45) is 1.93. The molecule has 146 valence electrons. The van der Waals surface area contributed by atoms with Gasteiger partial charge in [0.2, 0.25) is 15.9 Å². The number of carbonyl (C=O) groups is 1. The van der Waals surface area contributed by atoms with Gasteiger partial charge >= 0.3 is 0 Å². The monoisotopic (exact) mass is 406 g/mol. The highest BCUT2D eigenvalue weighted by atomic mass is 32.2. The van der Waals surface area contributed by atoms with Crippen LogP contribution >= 0.6 is 11.8 Å². The van der Waals surface area contributed by atoms with Gasteiger partial charge in [-0.3, -0.25) is 4.79 Å². The summed E-state index contributed by atoms with van der Waals surface area (Å²) in [6.45, 7) is 5.66. The normalized spacial score (nSPS) is 12.8. The van der Waals surface area contributed by atoms with Crippen molar-refractivity contribution in [3.05, 3.63) is 59.2 Å². The van der Waals surface area contributed by atoms with Crippen molar-refractivity contribution in [2.75, 3.05) is 19.8 Å². The SMILES string of the molecule is CSc1ccc(S(=O)(=O)N(C)CC(=O)NC(C)c2cc(C)ccc2C)cc1. The average molecular weight is 407 g/mol. The third-order valence-corrected chi connectivity index (χ3v) is 6.97. The van der Waals surface area contributed by atoms with Crippen molar-refractivity contribution in [2.24, 2.45) is 0 Å². The van der Waals surface area contributed by atoms with E-state index in [0.717, 1.165) is 25.9 Å². The number of benzene rings is 2. The van der Waals surface area contributed by atoms with Crippen LogP contribution in [-0.2, 0) is 14.8 Å². The van der Waals surface area contributed by atoms with Gasteiger partial charge in [-0.2, -0.15) is 4.31 Å². The number of likely N-dealkylation sites (N-methyl/N-ethyl adjacent to an activating group) is 1. The van der Waals surface area contributed by atoms with Crippen LogP contribution in [0.25, 0.3) is 0 Å². The van der Waals surface area contributed by atoms with Crippen molar-refractivity contribution in [2.45, 2.75) is 36.6 Å². The summed E-state index contributed by atoms with van der Waals surface area (Å²) >= 11 is 1.54. The Kier molecular flexibility index (Phi) is 7.08. The summed E-state index contributed by atoms with van der Waals surface area (Å²) in [5, 5.41) is 2.89. The predicted octanol–water partition coefficient (Wildman–Crippen LogP) is 3.52. The zero-order valence-electron chi connectivity index (χ0n) is 16.3. The molecule has 1 atom stereocenters. The van der Waals surface area contributed by atoms with Crippen LogP contribution in [0.4, 0.5) is 0 Å². The Hall–Kier alpha value is -1.83. The van der Waals surface area contributed by atoms with E-state index in [1.54, 1.807) is 36.0 Å². The Morgan fingerprint density at radius 3 is 2.37 bits per heavy atom. The minimum Gasteiger partial charge on any atom is -0.348 e. The van der Waals surface area contributed by atoms with Gasteiger partial charge in [0.1, 0.15) is 0 Å². The Morgan fingerprint density at radius 1 is 1.15 bits per heavy atom. The highest BCUT2D eigenvalue weighted by Crippen LogP contribution is 2.21. The molecular weight excluding hydrogens is 380 g/mol. The van der Waals surface area contributed by atoms with Crippen LogP contribution in [-0.4, -0.2) is 38.5 Å². The summed E-state index contributed by atoms with van der Waals surface area (Å²) in [5.41, 5.74) is 3.23. The molecule has 0 heterocycles. The Balaban J connectivity index is 2.06. The van der Waals surface area contributed by atoms with Crippen LogP contribution in [0.1, 0.15) is 29.7 Å². The van der Waals surface area contributed by atoms with Gasteiger partial charge in [0, 0.05) is 11.9 Å². The fourth-order valence-electron chi connectivity index (χ4n) is 2.81. The molecule has 2 aromatic rings. The number of thioether (sulfide) groups is 1. The largest absolute Gasteiger partial charge is 0.348 e. The molecule has 1 unspecified atom stereocenters. The molecule has 0 spiro atoms. The zero-order chi connectivity index (χ0) is 20.2. The zero-order valence-corrected chi connectivity index (χ0v) is 17.9. The highest BCUT2D eigenvalue weighted by Gasteiger charge is 2.23. The molecule has 0 aliphatic heterocycles. The Bertz CT molecular complexity index is 909. The number of nitrogens with one attached hydrogen (secondary N) is 1. The molecule has 1 N–H and O–H groups in total. The number of hydrogen-bond donors (Lipinski definition) is 1. The molecule has 0 fully saturated rings. The molecule has 0 saturated carbocycles. The van der Waals surface area contributed by atoms with Gasteiger partial charge in [0.05, 0.1) is 17.5 Å². The van der Waals surface area contributed by atoms with E-state index >= 15 is 0 Å². The average Bonchev–Trinajstić information content (AvgIpc) is 2.63. The number of amides is 1. The first-order chi connectivity index (χ1) is 12.6. The maximum absolute atomic E-state index is 12.7. The molecule has 0 aliphatic carbocycles. The van der Waals surface area contributed by atoms with Crippen LogP contribution in [0.2, 0.25) is 0 Å². The van der Waals surface area contributed by atoms with Gasteiger partial charge in [-0.1, -0.05) is 23.8 Å². The van der Waals surface area contributed by atoms with Gasteiger partial charge in [0.25, 0.3) is 0 Å². The van der Waals surface area contributed by atoms with Crippen molar-refractivity contribution in [3.8, 4) is 0 Å². The number of aryl methyl sites for hydroxylation is 2. The molecule has 2 rings (SSSR count). The molecule has 27 heavy (non-hydrogen) atoms. The van der Waals surface area contributed by atoms with Gasteiger partial charge in [-0.15, -0.1) is 11.8 Å². The van der Waals surface area contributed by atoms with Crippen molar-refractivity contribution in [3.63, 3.8) is 0 Å². The Labute approximate surface area is 166 Å². The summed E-state index contributed by atoms with van der Waals surface area (Å²) in [4.78, 5) is 13.6. The maximum Gasteiger partial charge on any atom is 0.243 e. The number of sulfonamides is 1. The third kappa shape index (κ3) is 5.34. The summed E-state index contributed by atoms with van der Waals surface area (Å²) < 4.78 is 26.4.